The number of rotatable bonds is 6. The van der Waals surface area contributed by atoms with Crippen LogP contribution in [0.1, 0.15) is 25.8 Å². The summed E-state index contributed by atoms with van der Waals surface area (Å²) in [6.07, 6.45) is 2.43. The van der Waals surface area contributed by atoms with Crippen LogP contribution in [-0.2, 0) is 11.2 Å². The quantitative estimate of drug-likeness (QED) is 0.783. The van der Waals surface area contributed by atoms with Crippen molar-refractivity contribution in [1.29, 1.82) is 0 Å². The third kappa shape index (κ3) is 3.16. The minimum atomic E-state index is 0.797. The lowest BCUT2D eigenvalue weighted by atomic mass is 10.0. The van der Waals surface area contributed by atoms with Gasteiger partial charge in [0.15, 0.2) is 0 Å². The molecule has 0 fully saturated rings. The topological polar surface area (TPSA) is 24.5 Å². The highest BCUT2D eigenvalue weighted by Gasteiger charge is 2.11. The number of hydrogen-bond acceptors (Lipinski definition) is 3. The van der Waals surface area contributed by atoms with Gasteiger partial charge in [-0.05, 0) is 50.5 Å². The second kappa shape index (κ2) is 6.64. The van der Waals surface area contributed by atoms with Crippen molar-refractivity contribution < 1.29 is 4.74 Å². The number of benzene rings is 1. The van der Waals surface area contributed by atoms with Crippen molar-refractivity contribution in [3.63, 3.8) is 0 Å². The van der Waals surface area contributed by atoms with Crippen LogP contribution in [0.4, 0.5) is 11.4 Å². The number of ether oxygens (including phenoxy) is 1. The molecule has 3 nitrogen and oxygen atoms in total. The zero-order valence-electron chi connectivity index (χ0n) is 11.5. The smallest absolute Gasteiger partial charge is 0.0641 e. The number of likely N-dealkylation sites (N-methyl/N-ethyl adjacent to an activating group) is 1. The molecule has 0 saturated carbocycles. The number of nitrogens with zero attached hydrogens (tertiary/aromatic N) is 1. The summed E-state index contributed by atoms with van der Waals surface area (Å²) in [5.41, 5.74) is 4.08. The first kappa shape index (κ1) is 13.2. The Morgan fingerprint density at radius 1 is 1.33 bits per heavy atom. The van der Waals surface area contributed by atoms with Crippen LogP contribution in [0.25, 0.3) is 0 Å². The molecule has 0 radical (unpaired) electrons. The van der Waals surface area contributed by atoms with Gasteiger partial charge in [-0.25, -0.2) is 0 Å². The van der Waals surface area contributed by atoms with Crippen molar-refractivity contribution in [3.8, 4) is 0 Å². The lowest BCUT2D eigenvalue weighted by molar-refractivity contribution is 0.154. The summed E-state index contributed by atoms with van der Waals surface area (Å²) in [6, 6.07) is 6.76. The van der Waals surface area contributed by atoms with Gasteiger partial charge in [0.2, 0.25) is 0 Å². The first-order valence-electron chi connectivity index (χ1n) is 7.04. The molecule has 2 rings (SSSR count). The molecule has 1 aromatic rings. The predicted molar refractivity (Wildman–Crippen MR) is 77.6 cm³/mol. The lowest BCUT2D eigenvalue weighted by Gasteiger charge is -2.26. The van der Waals surface area contributed by atoms with Gasteiger partial charge in [0, 0.05) is 37.6 Å². The molecule has 1 aliphatic rings. The molecule has 0 aromatic heterocycles. The van der Waals surface area contributed by atoms with Gasteiger partial charge in [-0.1, -0.05) is 0 Å². The van der Waals surface area contributed by atoms with Crippen molar-refractivity contribution in [2.45, 2.75) is 26.7 Å². The van der Waals surface area contributed by atoms with E-state index in [1.807, 2.05) is 6.92 Å². The molecule has 0 spiro atoms. The highest BCUT2D eigenvalue weighted by atomic mass is 16.5. The molecule has 0 bridgehead atoms. The third-order valence-corrected chi connectivity index (χ3v) is 3.48. The maximum atomic E-state index is 5.45. The van der Waals surface area contributed by atoms with E-state index in [1.165, 1.54) is 29.8 Å². The number of aryl methyl sites for hydroxylation is 1. The van der Waals surface area contributed by atoms with Crippen LogP contribution >= 0.6 is 0 Å². The van der Waals surface area contributed by atoms with E-state index in [4.69, 9.17) is 4.74 Å². The summed E-state index contributed by atoms with van der Waals surface area (Å²) in [6.45, 7) is 8.94. The molecular weight excluding hydrogens is 224 g/mol. The van der Waals surface area contributed by atoms with Gasteiger partial charge >= 0.3 is 0 Å². The molecule has 18 heavy (non-hydrogen) atoms. The fourth-order valence-electron chi connectivity index (χ4n) is 2.45. The molecule has 1 aromatic carbocycles. The standard InChI is InChI=1S/C15H24N2O/c1-3-17(10-11-18-4-2)14-7-8-15-13(12-14)6-5-9-16-15/h7-8,12,16H,3-6,9-11H2,1-2H3. The Bertz CT molecular complexity index is 379. The maximum Gasteiger partial charge on any atom is 0.0641 e. The number of hydrogen-bond donors (Lipinski definition) is 1. The molecule has 1 heterocycles. The highest BCUT2D eigenvalue weighted by Crippen LogP contribution is 2.26. The van der Waals surface area contributed by atoms with Gasteiger partial charge in [-0.2, -0.15) is 0 Å². The third-order valence-electron chi connectivity index (χ3n) is 3.48. The fraction of sp³-hybridized carbons (Fsp3) is 0.600. The van der Waals surface area contributed by atoms with Gasteiger partial charge in [0.1, 0.15) is 0 Å². The van der Waals surface area contributed by atoms with Gasteiger partial charge in [0.05, 0.1) is 6.61 Å². The largest absolute Gasteiger partial charge is 0.385 e. The maximum absolute atomic E-state index is 5.45. The molecule has 100 valence electrons. The zero-order valence-corrected chi connectivity index (χ0v) is 11.5. The van der Waals surface area contributed by atoms with Crippen molar-refractivity contribution in [2.75, 3.05) is 43.1 Å². The lowest BCUT2D eigenvalue weighted by Crippen LogP contribution is -2.27. The second-order valence-corrected chi connectivity index (χ2v) is 4.65. The van der Waals surface area contributed by atoms with Crippen molar-refractivity contribution in [2.24, 2.45) is 0 Å². The molecule has 0 saturated heterocycles. The minimum Gasteiger partial charge on any atom is -0.385 e. The van der Waals surface area contributed by atoms with Crippen LogP contribution < -0.4 is 10.2 Å². The van der Waals surface area contributed by atoms with Gasteiger partial charge in [-0.3, -0.25) is 0 Å². The highest BCUT2D eigenvalue weighted by molar-refractivity contribution is 5.61. The van der Waals surface area contributed by atoms with Gasteiger partial charge < -0.3 is 15.0 Å². The molecule has 1 aliphatic heterocycles. The summed E-state index contributed by atoms with van der Waals surface area (Å²) in [5, 5.41) is 3.46. The average Bonchev–Trinajstić information content (AvgIpc) is 2.43. The van der Waals surface area contributed by atoms with E-state index in [0.29, 0.717) is 0 Å². The molecule has 0 aliphatic carbocycles. The minimum absolute atomic E-state index is 0.797. The van der Waals surface area contributed by atoms with E-state index in [2.05, 4.69) is 35.3 Å². The van der Waals surface area contributed by atoms with E-state index in [0.717, 1.165) is 32.8 Å². The fourth-order valence-corrected chi connectivity index (χ4v) is 2.45. The molecule has 0 atom stereocenters. The summed E-state index contributed by atoms with van der Waals surface area (Å²) in [4.78, 5) is 2.38. The van der Waals surface area contributed by atoms with E-state index < -0.39 is 0 Å². The number of fused-ring (bicyclic) bond motifs is 1. The predicted octanol–water partition coefficient (Wildman–Crippen LogP) is 2.91. The normalized spacial score (nSPS) is 13.9. The molecule has 3 heteroatoms. The Morgan fingerprint density at radius 3 is 3.00 bits per heavy atom. The summed E-state index contributed by atoms with van der Waals surface area (Å²) >= 11 is 0. The van der Waals surface area contributed by atoms with Crippen LogP contribution in [-0.4, -0.2) is 32.8 Å². The van der Waals surface area contributed by atoms with Crippen molar-refractivity contribution in [1.82, 2.24) is 0 Å². The summed E-state index contributed by atoms with van der Waals surface area (Å²) in [7, 11) is 0. The molecular formula is C15H24N2O. The number of anilines is 2. The SMILES string of the molecule is CCOCCN(CC)c1ccc2c(c1)CCCN2. The zero-order chi connectivity index (χ0) is 12.8. The van der Waals surface area contributed by atoms with E-state index >= 15 is 0 Å². The van der Waals surface area contributed by atoms with Crippen LogP contribution in [0, 0.1) is 0 Å². The Labute approximate surface area is 110 Å². The second-order valence-electron chi connectivity index (χ2n) is 4.65. The molecule has 0 unspecified atom stereocenters. The van der Waals surface area contributed by atoms with Crippen LogP contribution in [0.3, 0.4) is 0 Å². The van der Waals surface area contributed by atoms with Gasteiger partial charge in [0.25, 0.3) is 0 Å². The summed E-state index contributed by atoms with van der Waals surface area (Å²) in [5.74, 6) is 0. The molecule has 1 N–H and O–H groups in total. The average molecular weight is 248 g/mol. The van der Waals surface area contributed by atoms with Crippen LogP contribution in [0.2, 0.25) is 0 Å². The van der Waals surface area contributed by atoms with Crippen molar-refractivity contribution >= 4 is 11.4 Å². The summed E-state index contributed by atoms with van der Waals surface area (Å²) < 4.78 is 5.45. The Kier molecular flexibility index (Phi) is 4.88. The first-order valence-corrected chi connectivity index (χ1v) is 7.04. The number of nitrogens with one attached hydrogen (secondary N) is 1. The Morgan fingerprint density at radius 2 is 2.22 bits per heavy atom. The van der Waals surface area contributed by atoms with E-state index in [-0.39, 0.29) is 0 Å². The van der Waals surface area contributed by atoms with Crippen molar-refractivity contribution in [3.05, 3.63) is 23.8 Å². The van der Waals surface area contributed by atoms with E-state index in [9.17, 15) is 0 Å². The van der Waals surface area contributed by atoms with Crippen LogP contribution in [0.15, 0.2) is 18.2 Å². The Balaban J connectivity index is 2.05. The van der Waals surface area contributed by atoms with E-state index in [1.54, 1.807) is 0 Å². The first-order chi connectivity index (χ1) is 8.85. The monoisotopic (exact) mass is 248 g/mol. The van der Waals surface area contributed by atoms with Gasteiger partial charge in [-0.15, -0.1) is 0 Å². The molecule has 0 amide bonds. The van der Waals surface area contributed by atoms with Crippen LogP contribution in [0.5, 0.6) is 0 Å². The Hall–Kier alpha value is -1.22.